The van der Waals surface area contributed by atoms with E-state index in [1.807, 2.05) is 12.1 Å². The van der Waals surface area contributed by atoms with E-state index in [0.717, 1.165) is 32.5 Å². The summed E-state index contributed by atoms with van der Waals surface area (Å²) in [5.41, 5.74) is 2.40. The average molecular weight is 407 g/mol. The lowest BCUT2D eigenvalue weighted by Crippen LogP contribution is -2.34. The number of thiazole rings is 1. The molecule has 0 fully saturated rings. The number of nitrogens with zero attached hydrogens (tertiary/aromatic N) is 3. The van der Waals surface area contributed by atoms with Gasteiger partial charge in [0, 0.05) is 43.5 Å². The molecule has 0 spiro atoms. The summed E-state index contributed by atoms with van der Waals surface area (Å²) in [6.45, 7) is 2.91. The Labute approximate surface area is 162 Å². The summed E-state index contributed by atoms with van der Waals surface area (Å²) < 4.78 is 26.8. The van der Waals surface area contributed by atoms with Gasteiger partial charge in [-0.1, -0.05) is 18.2 Å². The van der Waals surface area contributed by atoms with E-state index in [2.05, 4.69) is 40.0 Å². The minimum absolute atomic E-state index is 0.0431. The molecule has 0 saturated heterocycles. The molecule has 0 saturated carbocycles. The molecular weight excluding hydrogens is 384 g/mol. The fraction of sp³-hybridized carbons (Fsp3) is 0.333. The standard InChI is InChI=1S/C18H22N4O3S2/c1-4-22-15-8-6-5-7-13(15)11-16(22)18-20-14(12-26-18)17(23)19-9-10-27(24,25)21(2)3/h5-8,11-12H,4,9-10H2,1-3H3,(H,19,23). The minimum Gasteiger partial charge on any atom is -0.350 e. The maximum Gasteiger partial charge on any atom is 0.270 e. The van der Waals surface area contributed by atoms with E-state index in [4.69, 9.17) is 0 Å². The number of aryl methyl sites for hydroxylation is 1. The van der Waals surface area contributed by atoms with Crippen LogP contribution in [0.15, 0.2) is 35.7 Å². The maximum atomic E-state index is 12.3. The molecule has 144 valence electrons. The van der Waals surface area contributed by atoms with Gasteiger partial charge < -0.3 is 9.88 Å². The summed E-state index contributed by atoms with van der Waals surface area (Å²) in [5, 5.41) is 6.21. The molecule has 3 rings (SSSR count). The number of carbonyl (C=O) groups is 1. The molecule has 1 N–H and O–H groups in total. The van der Waals surface area contributed by atoms with Crippen LogP contribution in [0.1, 0.15) is 17.4 Å². The van der Waals surface area contributed by atoms with Crippen molar-refractivity contribution in [3.63, 3.8) is 0 Å². The van der Waals surface area contributed by atoms with Crippen LogP contribution in [0.5, 0.6) is 0 Å². The van der Waals surface area contributed by atoms with Crippen LogP contribution >= 0.6 is 11.3 Å². The minimum atomic E-state index is -3.34. The van der Waals surface area contributed by atoms with Crippen molar-refractivity contribution < 1.29 is 13.2 Å². The van der Waals surface area contributed by atoms with E-state index in [-0.39, 0.29) is 18.2 Å². The number of rotatable bonds is 7. The van der Waals surface area contributed by atoms with Gasteiger partial charge in [0.25, 0.3) is 5.91 Å². The monoisotopic (exact) mass is 406 g/mol. The molecule has 0 radical (unpaired) electrons. The second-order valence-corrected chi connectivity index (χ2v) is 9.39. The number of sulfonamides is 1. The Kier molecular flexibility index (Phi) is 5.64. The predicted molar refractivity (Wildman–Crippen MR) is 109 cm³/mol. The van der Waals surface area contributed by atoms with Gasteiger partial charge in [-0.2, -0.15) is 0 Å². The number of hydrogen-bond acceptors (Lipinski definition) is 5. The van der Waals surface area contributed by atoms with E-state index in [0.29, 0.717) is 5.69 Å². The fourth-order valence-electron chi connectivity index (χ4n) is 2.79. The van der Waals surface area contributed by atoms with Gasteiger partial charge in [0.1, 0.15) is 10.7 Å². The van der Waals surface area contributed by atoms with Crippen molar-refractivity contribution in [3.05, 3.63) is 41.4 Å². The molecule has 2 aromatic heterocycles. The predicted octanol–water partition coefficient (Wildman–Crippen LogP) is 2.41. The van der Waals surface area contributed by atoms with Crippen molar-refractivity contribution in [2.45, 2.75) is 13.5 Å². The van der Waals surface area contributed by atoms with Gasteiger partial charge >= 0.3 is 0 Å². The van der Waals surface area contributed by atoms with E-state index in [9.17, 15) is 13.2 Å². The Bertz CT molecular complexity index is 1070. The van der Waals surface area contributed by atoms with Crippen LogP contribution in [0, 0.1) is 0 Å². The lowest BCUT2D eigenvalue weighted by molar-refractivity contribution is 0.0952. The number of carbonyl (C=O) groups excluding carboxylic acids is 1. The average Bonchev–Trinajstić information content (AvgIpc) is 3.25. The van der Waals surface area contributed by atoms with Crippen molar-refractivity contribution in [2.75, 3.05) is 26.4 Å². The Morgan fingerprint density at radius 1 is 1.30 bits per heavy atom. The van der Waals surface area contributed by atoms with Gasteiger partial charge in [-0.15, -0.1) is 11.3 Å². The smallest absolute Gasteiger partial charge is 0.270 e. The molecule has 27 heavy (non-hydrogen) atoms. The topological polar surface area (TPSA) is 84.3 Å². The van der Waals surface area contributed by atoms with E-state index in [1.165, 1.54) is 25.4 Å². The molecule has 0 unspecified atom stereocenters. The summed E-state index contributed by atoms with van der Waals surface area (Å²) in [6, 6.07) is 10.2. The van der Waals surface area contributed by atoms with Crippen molar-refractivity contribution in [2.24, 2.45) is 0 Å². The number of nitrogens with one attached hydrogen (secondary N) is 1. The van der Waals surface area contributed by atoms with Crippen molar-refractivity contribution in [1.29, 1.82) is 0 Å². The molecule has 1 aromatic carbocycles. The number of hydrogen-bond donors (Lipinski definition) is 1. The Morgan fingerprint density at radius 2 is 2.04 bits per heavy atom. The third-order valence-electron chi connectivity index (χ3n) is 4.28. The van der Waals surface area contributed by atoms with Crippen LogP contribution in [-0.2, 0) is 16.6 Å². The third-order valence-corrected chi connectivity index (χ3v) is 6.98. The van der Waals surface area contributed by atoms with E-state index in [1.54, 1.807) is 5.38 Å². The molecule has 1 amide bonds. The molecule has 7 nitrogen and oxygen atoms in total. The van der Waals surface area contributed by atoms with Crippen molar-refractivity contribution in [3.8, 4) is 10.7 Å². The molecule has 3 aromatic rings. The van der Waals surface area contributed by atoms with E-state index < -0.39 is 10.0 Å². The zero-order valence-electron chi connectivity index (χ0n) is 15.5. The van der Waals surface area contributed by atoms with Gasteiger partial charge in [-0.3, -0.25) is 4.79 Å². The highest BCUT2D eigenvalue weighted by Crippen LogP contribution is 2.30. The van der Waals surface area contributed by atoms with Gasteiger partial charge in [-0.25, -0.2) is 17.7 Å². The molecule has 0 aliphatic rings. The number of fused-ring (bicyclic) bond motifs is 1. The normalized spacial score (nSPS) is 12.0. The fourth-order valence-corrected chi connectivity index (χ4v) is 4.34. The molecule has 2 heterocycles. The number of para-hydroxylation sites is 1. The SMILES string of the molecule is CCn1c(-c2nc(C(=O)NCCS(=O)(=O)N(C)C)cs2)cc2ccccc21. The molecule has 0 aliphatic heterocycles. The van der Waals surface area contributed by atoms with Gasteiger partial charge in [0.05, 0.1) is 11.4 Å². The Hall–Kier alpha value is -2.23. The lowest BCUT2D eigenvalue weighted by Gasteiger charge is -2.11. The zero-order valence-corrected chi connectivity index (χ0v) is 17.1. The van der Waals surface area contributed by atoms with Crippen molar-refractivity contribution in [1.82, 2.24) is 19.2 Å². The van der Waals surface area contributed by atoms with Gasteiger partial charge in [0.2, 0.25) is 10.0 Å². The van der Waals surface area contributed by atoms with Gasteiger partial charge in [-0.05, 0) is 19.1 Å². The first-order chi connectivity index (χ1) is 12.8. The summed E-state index contributed by atoms with van der Waals surface area (Å²) in [6.07, 6.45) is 0. The maximum absolute atomic E-state index is 12.3. The highest BCUT2D eigenvalue weighted by molar-refractivity contribution is 7.89. The van der Waals surface area contributed by atoms with Crippen LogP contribution in [0.3, 0.4) is 0 Å². The summed E-state index contributed by atoms with van der Waals surface area (Å²) in [5.74, 6) is -0.516. The Balaban J connectivity index is 1.76. The largest absolute Gasteiger partial charge is 0.350 e. The molecule has 9 heteroatoms. The molecule has 0 bridgehead atoms. The van der Waals surface area contributed by atoms with Crippen molar-refractivity contribution >= 4 is 38.2 Å². The highest BCUT2D eigenvalue weighted by Gasteiger charge is 2.17. The number of amides is 1. The summed E-state index contributed by atoms with van der Waals surface area (Å²) >= 11 is 1.40. The lowest BCUT2D eigenvalue weighted by atomic mass is 10.2. The first-order valence-electron chi connectivity index (χ1n) is 8.56. The van der Waals surface area contributed by atoms with Crippen LogP contribution in [0.25, 0.3) is 21.6 Å². The second kappa shape index (κ2) is 7.79. The first-order valence-corrected chi connectivity index (χ1v) is 11.0. The molecule has 0 atom stereocenters. The highest BCUT2D eigenvalue weighted by atomic mass is 32.2. The molecular formula is C18H22N4O3S2. The van der Waals surface area contributed by atoms with Crippen LogP contribution in [-0.4, -0.2) is 54.6 Å². The van der Waals surface area contributed by atoms with Gasteiger partial charge in [0.15, 0.2) is 0 Å². The zero-order chi connectivity index (χ0) is 19.6. The third kappa shape index (κ3) is 4.05. The summed E-state index contributed by atoms with van der Waals surface area (Å²) in [4.78, 5) is 16.7. The molecule has 0 aliphatic carbocycles. The Morgan fingerprint density at radius 3 is 2.74 bits per heavy atom. The number of benzene rings is 1. The second-order valence-electron chi connectivity index (χ2n) is 6.22. The summed E-state index contributed by atoms with van der Waals surface area (Å²) in [7, 11) is -0.402. The van der Waals surface area contributed by atoms with Crippen LogP contribution < -0.4 is 5.32 Å². The van der Waals surface area contributed by atoms with Crippen LogP contribution in [0.4, 0.5) is 0 Å². The van der Waals surface area contributed by atoms with E-state index >= 15 is 0 Å². The number of aromatic nitrogens is 2. The quantitative estimate of drug-likeness (QED) is 0.653. The first kappa shape index (κ1) is 19.5. The van der Waals surface area contributed by atoms with Crippen LogP contribution in [0.2, 0.25) is 0 Å².